The van der Waals surface area contributed by atoms with E-state index in [2.05, 4.69) is 4.72 Å². The van der Waals surface area contributed by atoms with Gasteiger partial charge in [0.2, 0.25) is 15.9 Å². The van der Waals surface area contributed by atoms with Crippen LogP contribution in [-0.2, 0) is 14.8 Å². The molecule has 0 saturated heterocycles. The molecule has 0 aliphatic heterocycles. The summed E-state index contributed by atoms with van der Waals surface area (Å²) >= 11 is 5.85. The molecule has 0 radical (unpaired) electrons. The van der Waals surface area contributed by atoms with Gasteiger partial charge < -0.3 is 4.90 Å². The first-order chi connectivity index (χ1) is 10.8. The Hall–Kier alpha value is -1.89. The van der Waals surface area contributed by atoms with Crippen molar-refractivity contribution < 1.29 is 13.2 Å². The van der Waals surface area contributed by atoms with E-state index >= 15 is 0 Å². The molecule has 0 aliphatic rings. The van der Waals surface area contributed by atoms with Crippen molar-refractivity contribution in [1.29, 1.82) is 0 Å². The van der Waals surface area contributed by atoms with E-state index in [4.69, 9.17) is 11.6 Å². The van der Waals surface area contributed by atoms with E-state index in [1.807, 2.05) is 0 Å². The molecule has 0 bridgehead atoms. The van der Waals surface area contributed by atoms with Crippen LogP contribution in [0, 0.1) is 0 Å². The van der Waals surface area contributed by atoms with E-state index in [-0.39, 0.29) is 10.8 Å². The van der Waals surface area contributed by atoms with Gasteiger partial charge in [0, 0.05) is 19.1 Å². The number of hydrogen-bond donors (Lipinski definition) is 1. The van der Waals surface area contributed by atoms with Gasteiger partial charge in [-0.1, -0.05) is 41.9 Å². The average Bonchev–Trinajstić information content (AvgIpc) is 2.53. The SMILES string of the molecule is CN(C)C(=O)C(NS(=O)(=O)c1ccccc1)c1ccc(Cl)cc1. The highest BCUT2D eigenvalue weighted by atomic mass is 35.5. The van der Waals surface area contributed by atoms with E-state index in [0.29, 0.717) is 10.6 Å². The molecule has 23 heavy (non-hydrogen) atoms. The van der Waals surface area contributed by atoms with Crippen LogP contribution < -0.4 is 4.72 Å². The van der Waals surface area contributed by atoms with Gasteiger partial charge in [0.15, 0.2) is 0 Å². The Bertz CT molecular complexity index is 775. The lowest BCUT2D eigenvalue weighted by atomic mass is 10.1. The van der Waals surface area contributed by atoms with Gasteiger partial charge in [-0.05, 0) is 29.8 Å². The number of carbonyl (C=O) groups excluding carboxylic acids is 1. The van der Waals surface area contributed by atoms with Gasteiger partial charge in [-0.2, -0.15) is 4.72 Å². The van der Waals surface area contributed by atoms with E-state index in [1.165, 1.54) is 17.0 Å². The fourth-order valence-corrected chi connectivity index (χ4v) is 3.32. The monoisotopic (exact) mass is 352 g/mol. The van der Waals surface area contributed by atoms with Crippen molar-refractivity contribution in [3.8, 4) is 0 Å². The standard InChI is InChI=1S/C16H17ClN2O3S/c1-19(2)16(20)15(12-8-10-13(17)11-9-12)18-23(21,22)14-6-4-3-5-7-14/h3-11,15,18H,1-2H3. The summed E-state index contributed by atoms with van der Waals surface area (Å²) < 4.78 is 27.5. The summed E-state index contributed by atoms with van der Waals surface area (Å²) in [6.45, 7) is 0. The third-order valence-electron chi connectivity index (χ3n) is 3.22. The summed E-state index contributed by atoms with van der Waals surface area (Å²) in [5.41, 5.74) is 0.521. The molecule has 1 amide bonds. The van der Waals surface area contributed by atoms with Crippen LogP contribution in [0.4, 0.5) is 0 Å². The summed E-state index contributed by atoms with van der Waals surface area (Å²) in [5.74, 6) is -0.369. The first-order valence-corrected chi connectivity index (χ1v) is 8.71. The van der Waals surface area contributed by atoms with Gasteiger partial charge in [-0.25, -0.2) is 8.42 Å². The molecule has 122 valence electrons. The summed E-state index contributed by atoms with van der Waals surface area (Å²) in [7, 11) is -0.684. The number of nitrogens with one attached hydrogen (secondary N) is 1. The molecular formula is C16H17ClN2O3S. The third-order valence-corrected chi connectivity index (χ3v) is 4.91. The van der Waals surface area contributed by atoms with Gasteiger partial charge in [0.25, 0.3) is 0 Å². The van der Waals surface area contributed by atoms with Crippen LogP contribution in [0.5, 0.6) is 0 Å². The van der Waals surface area contributed by atoms with Crippen molar-refractivity contribution in [3.05, 3.63) is 65.2 Å². The lowest BCUT2D eigenvalue weighted by Gasteiger charge is -2.22. The molecule has 1 unspecified atom stereocenters. The van der Waals surface area contributed by atoms with Crippen LogP contribution in [0.1, 0.15) is 11.6 Å². The highest BCUT2D eigenvalue weighted by molar-refractivity contribution is 7.89. The Morgan fingerprint density at radius 3 is 2.13 bits per heavy atom. The third kappa shape index (κ3) is 4.31. The van der Waals surface area contributed by atoms with Crippen molar-refractivity contribution in [3.63, 3.8) is 0 Å². The second kappa shape index (κ2) is 7.12. The van der Waals surface area contributed by atoms with Gasteiger partial charge in [0.1, 0.15) is 6.04 Å². The molecule has 0 fully saturated rings. The molecule has 2 rings (SSSR count). The summed E-state index contributed by atoms with van der Waals surface area (Å²) in [4.78, 5) is 13.8. The minimum absolute atomic E-state index is 0.102. The number of sulfonamides is 1. The predicted octanol–water partition coefficient (Wildman–Crippen LogP) is 2.45. The molecule has 7 heteroatoms. The highest BCUT2D eigenvalue weighted by Crippen LogP contribution is 2.21. The molecule has 5 nitrogen and oxygen atoms in total. The summed E-state index contributed by atoms with van der Waals surface area (Å²) in [6, 6.07) is 13.4. The molecule has 2 aromatic rings. The van der Waals surface area contributed by atoms with Crippen LogP contribution in [0.2, 0.25) is 5.02 Å². The maximum absolute atomic E-state index is 12.5. The number of nitrogens with zero attached hydrogens (tertiary/aromatic N) is 1. The molecule has 0 heterocycles. The second-order valence-electron chi connectivity index (χ2n) is 5.15. The van der Waals surface area contributed by atoms with E-state index in [0.717, 1.165) is 0 Å². The van der Waals surface area contributed by atoms with Crippen LogP contribution in [0.15, 0.2) is 59.5 Å². The maximum atomic E-state index is 12.5. The molecule has 1 atom stereocenters. The van der Waals surface area contributed by atoms with E-state index < -0.39 is 16.1 Å². The number of carbonyl (C=O) groups is 1. The number of halogens is 1. The van der Waals surface area contributed by atoms with Crippen molar-refractivity contribution in [1.82, 2.24) is 9.62 Å². The quantitative estimate of drug-likeness (QED) is 0.898. The van der Waals surface area contributed by atoms with Crippen LogP contribution in [0.25, 0.3) is 0 Å². The largest absolute Gasteiger partial charge is 0.347 e. The van der Waals surface area contributed by atoms with Gasteiger partial charge in [0.05, 0.1) is 4.90 Å². The molecule has 1 N–H and O–H groups in total. The molecule has 0 spiro atoms. The fraction of sp³-hybridized carbons (Fsp3) is 0.188. The Morgan fingerprint density at radius 2 is 1.61 bits per heavy atom. The zero-order valence-electron chi connectivity index (χ0n) is 12.7. The number of rotatable bonds is 5. The maximum Gasteiger partial charge on any atom is 0.244 e. The van der Waals surface area contributed by atoms with E-state index in [1.54, 1.807) is 56.6 Å². The minimum atomic E-state index is -3.83. The molecular weight excluding hydrogens is 336 g/mol. The number of amides is 1. The van der Waals surface area contributed by atoms with Crippen molar-refractivity contribution >= 4 is 27.5 Å². The van der Waals surface area contributed by atoms with Gasteiger partial charge in [-0.3, -0.25) is 4.79 Å². The molecule has 0 aliphatic carbocycles. The van der Waals surface area contributed by atoms with Crippen LogP contribution >= 0.6 is 11.6 Å². The number of hydrogen-bond acceptors (Lipinski definition) is 3. The van der Waals surface area contributed by atoms with Crippen molar-refractivity contribution in [2.75, 3.05) is 14.1 Å². The Morgan fingerprint density at radius 1 is 1.04 bits per heavy atom. The summed E-state index contributed by atoms with van der Waals surface area (Å²) in [6.07, 6.45) is 0. The predicted molar refractivity (Wildman–Crippen MR) is 89.7 cm³/mol. The topological polar surface area (TPSA) is 66.5 Å². The molecule has 0 aromatic heterocycles. The lowest BCUT2D eigenvalue weighted by molar-refractivity contribution is -0.130. The van der Waals surface area contributed by atoms with Crippen LogP contribution in [-0.4, -0.2) is 33.3 Å². The minimum Gasteiger partial charge on any atom is -0.347 e. The Labute approximate surface area is 140 Å². The number of likely N-dealkylation sites (N-methyl/N-ethyl adjacent to an activating group) is 1. The van der Waals surface area contributed by atoms with Gasteiger partial charge >= 0.3 is 0 Å². The second-order valence-corrected chi connectivity index (χ2v) is 7.30. The first kappa shape index (κ1) is 17.5. The smallest absolute Gasteiger partial charge is 0.244 e. The first-order valence-electron chi connectivity index (χ1n) is 6.85. The Kier molecular flexibility index (Phi) is 5.41. The highest BCUT2D eigenvalue weighted by Gasteiger charge is 2.28. The Balaban J connectivity index is 2.39. The van der Waals surface area contributed by atoms with E-state index in [9.17, 15) is 13.2 Å². The number of benzene rings is 2. The van der Waals surface area contributed by atoms with Gasteiger partial charge in [-0.15, -0.1) is 0 Å². The zero-order valence-corrected chi connectivity index (χ0v) is 14.3. The molecule has 0 saturated carbocycles. The fourth-order valence-electron chi connectivity index (χ4n) is 2.00. The normalized spacial score (nSPS) is 12.7. The van der Waals surface area contributed by atoms with Crippen molar-refractivity contribution in [2.24, 2.45) is 0 Å². The average molecular weight is 353 g/mol. The lowest BCUT2D eigenvalue weighted by Crippen LogP contribution is -2.39. The van der Waals surface area contributed by atoms with Crippen molar-refractivity contribution in [2.45, 2.75) is 10.9 Å². The summed E-state index contributed by atoms with van der Waals surface area (Å²) in [5, 5.41) is 0.510. The zero-order chi connectivity index (χ0) is 17.0. The van der Waals surface area contributed by atoms with Crippen LogP contribution in [0.3, 0.4) is 0 Å². The molecule has 2 aromatic carbocycles.